The molecular weight excluding hydrogens is 238 g/mol. The number of amides is 1. The number of carbonyl (C=O) groups is 1. The van der Waals surface area contributed by atoms with Crippen molar-refractivity contribution >= 4 is 5.91 Å². The second-order valence-corrected chi connectivity index (χ2v) is 7.61. The Hall–Kier alpha value is -0.570. The summed E-state index contributed by atoms with van der Waals surface area (Å²) in [5.41, 5.74) is 0.222. The lowest BCUT2D eigenvalue weighted by Crippen LogP contribution is -2.37. The van der Waals surface area contributed by atoms with Gasteiger partial charge in [0.1, 0.15) is 0 Å². The van der Waals surface area contributed by atoms with E-state index in [0.29, 0.717) is 11.8 Å². The standard InChI is InChI=1S/C16H29NO2/c1-15(2)13(16(15,3)4)14(19)17-9-11-7-5-6-8-12(11)10-18/h11-13,18H,5-10H2,1-4H3,(H,17,19). The Bertz CT molecular complexity index is 335. The first-order chi connectivity index (χ1) is 8.82. The zero-order valence-electron chi connectivity index (χ0n) is 12.8. The third kappa shape index (κ3) is 2.54. The number of aliphatic hydroxyl groups excluding tert-OH is 1. The Morgan fingerprint density at radius 1 is 1.11 bits per heavy atom. The van der Waals surface area contributed by atoms with E-state index in [0.717, 1.165) is 19.4 Å². The molecule has 2 unspecified atom stereocenters. The van der Waals surface area contributed by atoms with Crippen LogP contribution in [-0.2, 0) is 4.79 Å². The van der Waals surface area contributed by atoms with Gasteiger partial charge in [0, 0.05) is 19.1 Å². The Morgan fingerprint density at radius 3 is 2.11 bits per heavy atom. The molecule has 3 nitrogen and oxygen atoms in total. The second-order valence-electron chi connectivity index (χ2n) is 7.61. The molecule has 0 saturated heterocycles. The summed E-state index contributed by atoms with van der Waals surface area (Å²) in [6.07, 6.45) is 4.70. The lowest BCUT2D eigenvalue weighted by Gasteiger charge is -2.30. The number of hydrogen-bond acceptors (Lipinski definition) is 2. The summed E-state index contributed by atoms with van der Waals surface area (Å²) in [7, 11) is 0. The van der Waals surface area contributed by atoms with Crippen molar-refractivity contribution in [1.29, 1.82) is 0 Å². The van der Waals surface area contributed by atoms with Crippen LogP contribution in [0.2, 0.25) is 0 Å². The van der Waals surface area contributed by atoms with Crippen molar-refractivity contribution in [2.75, 3.05) is 13.2 Å². The summed E-state index contributed by atoms with van der Waals surface area (Å²) in [5, 5.41) is 12.5. The fourth-order valence-electron chi connectivity index (χ4n) is 3.98. The maximum atomic E-state index is 12.3. The highest BCUT2D eigenvalue weighted by atomic mass is 16.3. The van der Waals surface area contributed by atoms with E-state index in [1.807, 2.05) is 0 Å². The Labute approximate surface area is 117 Å². The molecule has 0 radical (unpaired) electrons. The molecule has 0 aliphatic heterocycles. The van der Waals surface area contributed by atoms with E-state index in [1.165, 1.54) is 12.8 Å². The predicted octanol–water partition coefficient (Wildman–Crippen LogP) is 2.58. The van der Waals surface area contributed by atoms with Crippen LogP contribution < -0.4 is 5.32 Å². The first-order valence-electron chi connectivity index (χ1n) is 7.71. The number of rotatable bonds is 4. The van der Waals surface area contributed by atoms with Gasteiger partial charge in [0.2, 0.25) is 5.91 Å². The van der Waals surface area contributed by atoms with Gasteiger partial charge >= 0.3 is 0 Å². The summed E-state index contributed by atoms with van der Waals surface area (Å²) in [4.78, 5) is 12.3. The molecule has 2 atom stereocenters. The SMILES string of the molecule is CC1(C)C(C(=O)NCC2CCCCC2CO)C1(C)C. The monoisotopic (exact) mass is 267 g/mol. The van der Waals surface area contributed by atoms with Gasteiger partial charge in [-0.05, 0) is 35.5 Å². The first-order valence-corrected chi connectivity index (χ1v) is 7.71. The minimum Gasteiger partial charge on any atom is -0.396 e. The first kappa shape index (κ1) is 14.8. The van der Waals surface area contributed by atoms with Gasteiger partial charge < -0.3 is 10.4 Å². The van der Waals surface area contributed by atoms with Gasteiger partial charge in [-0.25, -0.2) is 0 Å². The summed E-state index contributed by atoms with van der Waals surface area (Å²) >= 11 is 0. The lowest BCUT2D eigenvalue weighted by molar-refractivity contribution is -0.123. The third-order valence-corrected chi connectivity index (χ3v) is 6.12. The molecule has 3 heteroatoms. The quantitative estimate of drug-likeness (QED) is 0.822. The molecule has 0 aromatic rings. The van der Waals surface area contributed by atoms with Crippen molar-refractivity contribution < 1.29 is 9.90 Å². The van der Waals surface area contributed by atoms with Crippen LogP contribution in [0, 0.1) is 28.6 Å². The average molecular weight is 267 g/mol. The molecule has 2 fully saturated rings. The van der Waals surface area contributed by atoms with Gasteiger partial charge in [0.15, 0.2) is 0 Å². The van der Waals surface area contributed by atoms with Crippen LogP contribution in [0.3, 0.4) is 0 Å². The Kier molecular flexibility index (Phi) is 3.97. The van der Waals surface area contributed by atoms with Crippen LogP contribution in [0.15, 0.2) is 0 Å². The van der Waals surface area contributed by atoms with E-state index >= 15 is 0 Å². The van der Waals surface area contributed by atoms with Crippen molar-refractivity contribution in [2.24, 2.45) is 28.6 Å². The fraction of sp³-hybridized carbons (Fsp3) is 0.938. The maximum absolute atomic E-state index is 12.3. The van der Waals surface area contributed by atoms with Gasteiger partial charge in [0.25, 0.3) is 0 Å². The van der Waals surface area contributed by atoms with Gasteiger partial charge in [-0.15, -0.1) is 0 Å². The fourth-order valence-corrected chi connectivity index (χ4v) is 3.98. The van der Waals surface area contributed by atoms with Gasteiger partial charge in [-0.1, -0.05) is 40.5 Å². The summed E-state index contributed by atoms with van der Waals surface area (Å²) in [6.45, 7) is 9.71. The van der Waals surface area contributed by atoms with E-state index in [9.17, 15) is 9.90 Å². The third-order valence-electron chi connectivity index (χ3n) is 6.12. The van der Waals surface area contributed by atoms with E-state index in [-0.39, 0.29) is 29.3 Å². The van der Waals surface area contributed by atoms with Crippen LogP contribution in [0.25, 0.3) is 0 Å². The van der Waals surface area contributed by atoms with Crippen LogP contribution >= 0.6 is 0 Å². The molecule has 2 rings (SSSR count). The molecule has 0 heterocycles. The Morgan fingerprint density at radius 2 is 1.63 bits per heavy atom. The molecule has 2 aliphatic rings. The van der Waals surface area contributed by atoms with Crippen LogP contribution in [0.4, 0.5) is 0 Å². The minimum atomic E-state index is 0.111. The molecule has 0 aromatic carbocycles. The minimum absolute atomic E-state index is 0.111. The van der Waals surface area contributed by atoms with Gasteiger partial charge in [-0.2, -0.15) is 0 Å². The second kappa shape index (κ2) is 5.08. The molecular formula is C16H29NO2. The topological polar surface area (TPSA) is 49.3 Å². The van der Waals surface area contributed by atoms with Crippen molar-refractivity contribution in [3.05, 3.63) is 0 Å². The maximum Gasteiger partial charge on any atom is 0.224 e. The smallest absolute Gasteiger partial charge is 0.224 e. The highest BCUT2D eigenvalue weighted by Crippen LogP contribution is 2.68. The largest absolute Gasteiger partial charge is 0.396 e. The molecule has 110 valence electrons. The molecule has 2 N–H and O–H groups in total. The van der Waals surface area contributed by atoms with Crippen molar-refractivity contribution in [2.45, 2.75) is 53.4 Å². The lowest BCUT2D eigenvalue weighted by atomic mass is 9.79. The van der Waals surface area contributed by atoms with Gasteiger partial charge in [-0.3, -0.25) is 4.79 Å². The summed E-state index contributed by atoms with van der Waals surface area (Å²) in [5.74, 6) is 1.19. The molecule has 1 amide bonds. The highest BCUT2D eigenvalue weighted by molar-refractivity contribution is 5.84. The van der Waals surface area contributed by atoms with Crippen molar-refractivity contribution in [3.8, 4) is 0 Å². The normalized spacial score (nSPS) is 32.9. The number of carbonyl (C=O) groups excluding carboxylic acids is 1. The number of aliphatic hydroxyl groups is 1. The molecule has 2 aliphatic carbocycles. The van der Waals surface area contributed by atoms with Crippen molar-refractivity contribution in [1.82, 2.24) is 5.32 Å². The number of nitrogens with one attached hydrogen (secondary N) is 1. The predicted molar refractivity (Wildman–Crippen MR) is 76.6 cm³/mol. The van der Waals surface area contributed by atoms with Crippen molar-refractivity contribution in [3.63, 3.8) is 0 Å². The summed E-state index contributed by atoms with van der Waals surface area (Å²) in [6, 6.07) is 0. The molecule has 19 heavy (non-hydrogen) atoms. The Balaban J connectivity index is 1.84. The number of hydrogen-bond donors (Lipinski definition) is 2. The van der Waals surface area contributed by atoms with Gasteiger partial charge in [0.05, 0.1) is 0 Å². The molecule has 2 saturated carbocycles. The highest BCUT2D eigenvalue weighted by Gasteiger charge is 2.68. The molecule has 0 aromatic heterocycles. The van der Waals surface area contributed by atoms with Crippen LogP contribution in [0.1, 0.15) is 53.4 Å². The summed E-state index contributed by atoms with van der Waals surface area (Å²) < 4.78 is 0. The molecule has 0 spiro atoms. The molecule has 0 bridgehead atoms. The zero-order valence-corrected chi connectivity index (χ0v) is 12.8. The van der Waals surface area contributed by atoms with E-state index in [1.54, 1.807) is 0 Å². The van der Waals surface area contributed by atoms with E-state index in [4.69, 9.17) is 0 Å². The van der Waals surface area contributed by atoms with Crippen LogP contribution in [0.5, 0.6) is 0 Å². The van der Waals surface area contributed by atoms with Crippen LogP contribution in [-0.4, -0.2) is 24.2 Å². The average Bonchev–Trinajstić information content (AvgIpc) is 2.77. The van der Waals surface area contributed by atoms with E-state index in [2.05, 4.69) is 33.0 Å². The zero-order chi connectivity index (χ0) is 14.3. The van der Waals surface area contributed by atoms with E-state index < -0.39 is 0 Å².